The minimum absolute atomic E-state index is 0. The van der Waals surface area contributed by atoms with Crippen molar-refractivity contribution in [2.24, 2.45) is 10.7 Å². The first-order valence-electron chi connectivity index (χ1n) is 1.38. The van der Waals surface area contributed by atoms with Gasteiger partial charge < -0.3 is 29.8 Å². The van der Waals surface area contributed by atoms with E-state index in [-0.39, 0.29) is 37.7 Å². The topological polar surface area (TPSA) is 163 Å². The summed E-state index contributed by atoms with van der Waals surface area (Å²) in [6, 6.07) is 0. The van der Waals surface area contributed by atoms with Crippen LogP contribution in [0.4, 0.5) is 0 Å². The minimum atomic E-state index is -3.13. The van der Waals surface area contributed by atoms with Gasteiger partial charge in [-0.05, 0) is 0 Å². The summed E-state index contributed by atoms with van der Waals surface area (Å²) < 4.78 is 8.74. The van der Waals surface area contributed by atoms with Gasteiger partial charge in [-0.15, -0.1) is 10.7 Å². The molecule has 0 aromatic heterocycles. The van der Waals surface area contributed by atoms with Gasteiger partial charge in [0, 0.05) is 0 Å². The van der Waals surface area contributed by atoms with Gasteiger partial charge in [0.2, 0.25) is 0 Å². The molecule has 2 N–H and O–H groups in total. The molecule has 0 aromatic rings. The van der Waals surface area contributed by atoms with Gasteiger partial charge in [-0.25, -0.2) is 0 Å². The average molecular weight is 210 g/mol. The number of hydrogen-bond acceptors (Lipinski definition) is 7. The maximum Gasteiger partial charge on any atom is 2.00 e. The Kier molecular flexibility index (Phi) is 67.9. The largest absolute Gasteiger partial charge is 2.00 e. The normalized spacial score (nSPS) is 4.36. The molecule has 0 heterocycles. The van der Waals surface area contributed by atoms with E-state index in [1.807, 2.05) is 0 Å². The molecule has 9 nitrogen and oxygen atoms in total. The zero-order valence-electron chi connectivity index (χ0n) is 5.04. The minimum Gasteiger partial charge on any atom is -0.511 e. The van der Waals surface area contributed by atoms with Crippen molar-refractivity contribution in [1.82, 2.24) is 0 Å². The Morgan fingerprint density at radius 2 is 1.09 bits per heavy atom. The molecule has 0 aliphatic rings. The number of rotatable bonds is 0. The van der Waals surface area contributed by atoms with Crippen molar-refractivity contribution in [1.29, 1.82) is 0 Å². The monoisotopic (exact) mass is 210 g/mol. The van der Waals surface area contributed by atoms with Crippen molar-refractivity contribution < 1.29 is 14.1 Å². The van der Waals surface area contributed by atoms with E-state index >= 15 is 0 Å². The Morgan fingerprint density at radius 1 is 1.09 bits per heavy atom. The van der Waals surface area contributed by atoms with Gasteiger partial charge in [0.25, 0.3) is 0 Å². The Bertz CT molecular complexity index is 84.4. The fourth-order valence-electron chi connectivity index (χ4n) is 0. The fourth-order valence-corrected chi connectivity index (χ4v) is 0. The van der Waals surface area contributed by atoms with Crippen LogP contribution in [0.25, 0.3) is 0 Å². The van der Waals surface area contributed by atoms with Gasteiger partial charge in [0.1, 0.15) is 0 Å². The van der Waals surface area contributed by atoms with Crippen LogP contribution in [0.1, 0.15) is 0 Å². The van der Waals surface area contributed by atoms with Crippen LogP contribution in [-0.2, 0) is 4.46 Å². The van der Waals surface area contributed by atoms with Gasteiger partial charge in [0.05, 0.1) is 0 Å². The molecule has 0 rings (SSSR count). The molecule has 0 spiro atoms. The van der Waals surface area contributed by atoms with E-state index in [0.717, 1.165) is 10.7 Å². The molecule has 0 amide bonds. The molecule has 0 aliphatic heterocycles. The molecule has 0 bridgehead atoms. The predicted octanol–water partition coefficient (Wildman–Crippen LogP) is -1.49. The number of nitrogens with zero attached hydrogens (tertiary/aromatic N) is 2. The summed E-state index contributed by atoms with van der Waals surface area (Å²) in [6.45, 7) is 0. The van der Waals surface area contributed by atoms with Crippen LogP contribution < -0.4 is 0 Å². The summed E-state index contributed by atoms with van der Waals surface area (Å²) in [4.78, 5) is 30.3. The van der Waals surface area contributed by atoms with Gasteiger partial charge in [-0.1, -0.05) is 0 Å². The molecule has 0 saturated carbocycles. The van der Waals surface area contributed by atoms with Crippen molar-refractivity contribution in [3.63, 3.8) is 0 Å². The standard InChI is InChI=1S/Ca.2HNO2.H2O3Si/c;2*2-1-3;1-4(2)3/h;2*(H,2,3);1-2H/q+2;;;/p-2. The van der Waals surface area contributed by atoms with Crippen molar-refractivity contribution in [3.8, 4) is 0 Å². The van der Waals surface area contributed by atoms with Crippen LogP contribution >= 0.6 is 0 Å². The first kappa shape index (κ1) is 22.4. The third kappa shape index (κ3) is 5450. The average Bonchev–Trinajstić information content (AvgIpc) is 1.65. The second kappa shape index (κ2) is 33.3. The first-order chi connectivity index (χ1) is 4.56. The van der Waals surface area contributed by atoms with Crippen LogP contribution in [0.5, 0.6) is 0 Å². The van der Waals surface area contributed by atoms with E-state index in [9.17, 15) is 0 Å². The maximum atomic E-state index is 8.74. The van der Waals surface area contributed by atoms with E-state index < -0.39 is 9.17 Å². The summed E-state index contributed by atoms with van der Waals surface area (Å²) in [7, 11) is -3.13. The van der Waals surface area contributed by atoms with Gasteiger partial charge in [-0.3, -0.25) is 4.46 Å². The zero-order chi connectivity index (χ0) is 8.99. The van der Waals surface area contributed by atoms with Gasteiger partial charge in [-0.2, -0.15) is 0 Å². The summed E-state index contributed by atoms with van der Waals surface area (Å²) in [5.74, 6) is 0. The predicted molar refractivity (Wildman–Crippen MR) is 35.0 cm³/mol. The smallest absolute Gasteiger partial charge is 0.511 e. The molecule has 0 unspecified atom stereocenters. The van der Waals surface area contributed by atoms with E-state index in [0.29, 0.717) is 0 Å². The first-order valence-corrected chi connectivity index (χ1v) is 2.68. The summed E-state index contributed by atoms with van der Waals surface area (Å²) in [6.07, 6.45) is 0. The molecule has 0 aromatic carbocycles. The molecular weight excluding hydrogens is 208 g/mol. The van der Waals surface area contributed by atoms with Crippen molar-refractivity contribution in [2.75, 3.05) is 0 Å². The second-order valence-corrected chi connectivity index (χ2v) is 0.997. The van der Waals surface area contributed by atoms with Gasteiger partial charge in [0.15, 0.2) is 0 Å². The van der Waals surface area contributed by atoms with Crippen LogP contribution in [-0.4, -0.2) is 56.5 Å². The molecule has 11 heavy (non-hydrogen) atoms. The Morgan fingerprint density at radius 3 is 1.09 bits per heavy atom. The molecular formula is H2CaN2O7Si. The van der Waals surface area contributed by atoms with E-state index in [1.54, 1.807) is 0 Å². The second-order valence-electron chi connectivity index (χ2n) is 0.432. The number of hydrogen-bond donors (Lipinski definition) is 2. The quantitative estimate of drug-likeness (QED) is 0.279. The summed E-state index contributed by atoms with van der Waals surface area (Å²) in [5, 5.41) is 18.0. The van der Waals surface area contributed by atoms with Crippen LogP contribution in [0.2, 0.25) is 0 Å². The molecule has 0 saturated heterocycles. The Balaban J connectivity index is -0.0000000325. The molecule has 0 fully saturated rings. The van der Waals surface area contributed by atoms with E-state index in [2.05, 4.69) is 0 Å². The van der Waals surface area contributed by atoms with Crippen LogP contribution in [0.15, 0.2) is 10.7 Å². The van der Waals surface area contributed by atoms with Crippen molar-refractivity contribution in [3.05, 3.63) is 20.2 Å². The summed E-state index contributed by atoms with van der Waals surface area (Å²) >= 11 is 0. The molecule has 60 valence electrons. The SMILES string of the molecule is O=N[O-].O=N[O-].O=[Si](O)O.[Ca+2]. The van der Waals surface area contributed by atoms with Crippen molar-refractivity contribution >= 4 is 46.9 Å². The van der Waals surface area contributed by atoms with E-state index in [4.69, 9.17) is 34.3 Å². The maximum absolute atomic E-state index is 8.74. The Labute approximate surface area is 91.4 Å². The van der Waals surface area contributed by atoms with E-state index in [1.165, 1.54) is 0 Å². The van der Waals surface area contributed by atoms with Gasteiger partial charge >= 0.3 is 46.9 Å². The third-order valence-corrected chi connectivity index (χ3v) is 0. The fraction of sp³-hybridized carbons (Fsp3) is 0. The van der Waals surface area contributed by atoms with Crippen LogP contribution in [0.3, 0.4) is 0 Å². The molecule has 0 atom stereocenters. The molecule has 0 radical (unpaired) electrons. The third-order valence-electron chi connectivity index (χ3n) is 0. The Hall–Kier alpha value is -0.323. The molecule has 11 heteroatoms. The summed E-state index contributed by atoms with van der Waals surface area (Å²) in [5.41, 5.74) is 0. The molecule has 0 aliphatic carbocycles. The zero-order valence-corrected chi connectivity index (χ0v) is 8.25. The van der Waals surface area contributed by atoms with Crippen LogP contribution in [0, 0.1) is 20.2 Å². The van der Waals surface area contributed by atoms with Crippen molar-refractivity contribution in [2.45, 2.75) is 0 Å².